The average molecular weight is 296 g/mol. The van der Waals surface area contributed by atoms with Crippen LogP contribution in [0.1, 0.15) is 58.1 Å². The fourth-order valence-corrected chi connectivity index (χ4v) is 4.53. The molecule has 2 heteroatoms. The summed E-state index contributed by atoms with van der Waals surface area (Å²) in [5.41, 5.74) is 5.16. The van der Waals surface area contributed by atoms with Crippen molar-refractivity contribution >= 4 is 11.4 Å². The van der Waals surface area contributed by atoms with E-state index in [1.54, 1.807) is 0 Å². The maximum Gasteiger partial charge on any atom is 0.0742 e. The lowest BCUT2D eigenvalue weighted by molar-refractivity contribution is 0.431. The highest BCUT2D eigenvalue weighted by molar-refractivity contribution is 6.07. The van der Waals surface area contributed by atoms with Crippen LogP contribution in [0.3, 0.4) is 0 Å². The van der Waals surface area contributed by atoms with Crippen LogP contribution in [0.25, 0.3) is 0 Å². The molecule has 2 aliphatic rings. The summed E-state index contributed by atoms with van der Waals surface area (Å²) in [6, 6.07) is 8.98. The van der Waals surface area contributed by atoms with Crippen molar-refractivity contribution in [1.29, 1.82) is 0 Å². The molecule has 1 heterocycles. The van der Waals surface area contributed by atoms with Crippen LogP contribution in [0.2, 0.25) is 0 Å². The lowest BCUT2D eigenvalue weighted by Crippen LogP contribution is -2.34. The third kappa shape index (κ3) is 2.53. The van der Waals surface area contributed by atoms with Crippen molar-refractivity contribution in [2.45, 2.75) is 53.4 Å². The quantitative estimate of drug-likeness (QED) is 0.737. The number of benzene rings is 1. The molecule has 2 nitrogen and oxygen atoms in total. The van der Waals surface area contributed by atoms with Crippen LogP contribution in [0.15, 0.2) is 34.5 Å². The van der Waals surface area contributed by atoms with Gasteiger partial charge >= 0.3 is 0 Å². The van der Waals surface area contributed by atoms with Crippen LogP contribution >= 0.6 is 0 Å². The smallest absolute Gasteiger partial charge is 0.0742 e. The molecule has 118 valence electrons. The molecule has 1 fully saturated rings. The molecule has 1 aromatic carbocycles. The molecule has 1 aliphatic heterocycles. The Hall–Kier alpha value is -1.44. The van der Waals surface area contributed by atoms with Gasteiger partial charge in [-0.2, -0.15) is 10.2 Å². The van der Waals surface area contributed by atoms with E-state index < -0.39 is 0 Å². The zero-order valence-electron chi connectivity index (χ0n) is 14.3. The largest absolute Gasteiger partial charge is 0.160 e. The van der Waals surface area contributed by atoms with E-state index in [2.05, 4.69) is 62.2 Å². The minimum absolute atomic E-state index is 0.569. The monoisotopic (exact) mass is 296 g/mol. The van der Waals surface area contributed by atoms with Crippen LogP contribution in [0, 0.1) is 23.7 Å². The first kappa shape index (κ1) is 15.5. The number of hydrogen-bond acceptors (Lipinski definition) is 2. The summed E-state index contributed by atoms with van der Waals surface area (Å²) < 4.78 is 0. The van der Waals surface area contributed by atoms with Gasteiger partial charge in [0, 0.05) is 17.5 Å². The Morgan fingerprint density at radius 3 is 2.14 bits per heavy atom. The van der Waals surface area contributed by atoms with Crippen molar-refractivity contribution in [3.63, 3.8) is 0 Å². The second-order valence-corrected chi connectivity index (χ2v) is 6.90. The summed E-state index contributed by atoms with van der Waals surface area (Å²) in [6.07, 6.45) is 4.93. The highest BCUT2D eigenvalue weighted by atomic mass is 15.2. The second-order valence-electron chi connectivity index (χ2n) is 6.90. The van der Waals surface area contributed by atoms with Gasteiger partial charge in [-0.3, -0.25) is 0 Å². The lowest BCUT2D eigenvalue weighted by atomic mass is 9.77. The minimum atomic E-state index is 0.569. The lowest BCUT2D eigenvalue weighted by Gasteiger charge is -2.30. The van der Waals surface area contributed by atoms with Crippen LogP contribution in [-0.4, -0.2) is 11.4 Å². The molecule has 1 aromatic rings. The van der Waals surface area contributed by atoms with Crippen LogP contribution in [0.4, 0.5) is 0 Å². The molecule has 0 bridgehead atoms. The Bertz CT molecular complexity index is 582. The molecule has 1 aliphatic carbocycles. The average Bonchev–Trinajstić information content (AvgIpc) is 2.95. The van der Waals surface area contributed by atoms with E-state index in [0.29, 0.717) is 11.8 Å². The van der Waals surface area contributed by atoms with Crippen LogP contribution in [-0.2, 0) is 6.42 Å². The van der Waals surface area contributed by atoms with Crippen molar-refractivity contribution in [3.05, 3.63) is 35.4 Å². The summed E-state index contributed by atoms with van der Waals surface area (Å²) in [5, 5.41) is 9.19. The third-order valence-corrected chi connectivity index (χ3v) is 5.83. The Balaban J connectivity index is 1.99. The fourth-order valence-electron chi connectivity index (χ4n) is 4.53. The molecule has 0 aromatic heterocycles. The van der Waals surface area contributed by atoms with Gasteiger partial charge in [0.2, 0.25) is 0 Å². The Morgan fingerprint density at radius 2 is 1.55 bits per heavy atom. The number of rotatable bonds is 4. The molecule has 0 spiro atoms. The van der Waals surface area contributed by atoms with Crippen molar-refractivity contribution < 1.29 is 0 Å². The fraction of sp³-hybridized carbons (Fsp3) is 0.600. The molecule has 0 amide bonds. The summed E-state index contributed by atoms with van der Waals surface area (Å²) in [5.74, 6) is 2.71. The van der Waals surface area contributed by atoms with E-state index in [1.165, 1.54) is 41.8 Å². The van der Waals surface area contributed by atoms with Crippen molar-refractivity contribution in [2.75, 3.05) is 0 Å². The molecule has 1 saturated carbocycles. The zero-order chi connectivity index (χ0) is 15.7. The first-order chi connectivity index (χ1) is 10.7. The van der Waals surface area contributed by atoms with Gasteiger partial charge in [0.05, 0.1) is 5.71 Å². The molecule has 4 unspecified atom stereocenters. The highest BCUT2D eigenvalue weighted by Gasteiger charge is 2.47. The summed E-state index contributed by atoms with van der Waals surface area (Å²) in [6.45, 7) is 9.04. The van der Waals surface area contributed by atoms with Crippen molar-refractivity contribution in [3.8, 4) is 0 Å². The van der Waals surface area contributed by atoms with Gasteiger partial charge in [-0.05, 0) is 42.7 Å². The Labute approximate surface area is 134 Å². The standard InChI is InChI=1S/C20H28N2/c1-5-14-8-10-17(11-9-14)20-19-16(7-3)12-15(6-2)18(19)13(4)21-22-20/h8-11,15-16,18-19H,5-7,12H2,1-4H3. The maximum atomic E-state index is 4.65. The molecular weight excluding hydrogens is 268 g/mol. The number of aryl methyl sites for hydroxylation is 1. The SMILES string of the molecule is CCc1ccc(C2=NN=C(C)C3C(CC)CC(CC)C23)cc1. The van der Waals surface area contributed by atoms with E-state index in [9.17, 15) is 0 Å². The van der Waals surface area contributed by atoms with Gasteiger partial charge in [-0.1, -0.05) is 57.9 Å². The zero-order valence-corrected chi connectivity index (χ0v) is 14.3. The molecule has 0 N–H and O–H groups in total. The number of fused-ring (bicyclic) bond motifs is 1. The van der Waals surface area contributed by atoms with Gasteiger partial charge in [0.15, 0.2) is 0 Å². The van der Waals surface area contributed by atoms with E-state index in [1.807, 2.05) is 0 Å². The molecule has 0 radical (unpaired) electrons. The second kappa shape index (κ2) is 6.36. The topological polar surface area (TPSA) is 24.7 Å². The molecule has 4 atom stereocenters. The first-order valence-corrected chi connectivity index (χ1v) is 8.90. The summed E-state index contributed by atoms with van der Waals surface area (Å²) in [4.78, 5) is 0. The number of nitrogens with zero attached hydrogens (tertiary/aromatic N) is 2. The van der Waals surface area contributed by atoms with Gasteiger partial charge in [0.25, 0.3) is 0 Å². The number of hydrogen-bond donors (Lipinski definition) is 0. The molecular formula is C20H28N2. The highest BCUT2D eigenvalue weighted by Crippen LogP contribution is 2.48. The van der Waals surface area contributed by atoms with Crippen molar-refractivity contribution in [2.24, 2.45) is 33.9 Å². The van der Waals surface area contributed by atoms with Gasteiger partial charge in [0.1, 0.15) is 0 Å². The normalized spacial score (nSPS) is 30.7. The van der Waals surface area contributed by atoms with E-state index in [-0.39, 0.29) is 0 Å². The predicted molar refractivity (Wildman–Crippen MR) is 94.6 cm³/mol. The van der Waals surface area contributed by atoms with Crippen LogP contribution < -0.4 is 0 Å². The van der Waals surface area contributed by atoms with E-state index in [4.69, 9.17) is 0 Å². The van der Waals surface area contributed by atoms with Gasteiger partial charge in [-0.25, -0.2) is 0 Å². The van der Waals surface area contributed by atoms with E-state index >= 15 is 0 Å². The van der Waals surface area contributed by atoms with Gasteiger partial charge < -0.3 is 0 Å². The molecule has 0 saturated heterocycles. The summed E-state index contributed by atoms with van der Waals surface area (Å²) in [7, 11) is 0. The summed E-state index contributed by atoms with van der Waals surface area (Å²) >= 11 is 0. The molecule has 22 heavy (non-hydrogen) atoms. The Kier molecular flexibility index (Phi) is 4.46. The molecule has 3 rings (SSSR count). The third-order valence-electron chi connectivity index (χ3n) is 5.83. The van der Waals surface area contributed by atoms with Crippen LogP contribution in [0.5, 0.6) is 0 Å². The van der Waals surface area contributed by atoms with E-state index in [0.717, 1.165) is 18.3 Å². The maximum absolute atomic E-state index is 4.65. The predicted octanol–water partition coefficient (Wildman–Crippen LogP) is 5.12. The van der Waals surface area contributed by atoms with Crippen molar-refractivity contribution in [1.82, 2.24) is 0 Å². The van der Waals surface area contributed by atoms with Gasteiger partial charge in [-0.15, -0.1) is 0 Å². The first-order valence-electron chi connectivity index (χ1n) is 8.90. The Morgan fingerprint density at radius 1 is 0.909 bits per heavy atom. The minimum Gasteiger partial charge on any atom is -0.160 e.